The lowest BCUT2D eigenvalue weighted by molar-refractivity contribution is -0.157. The highest BCUT2D eigenvalue weighted by Crippen LogP contribution is 2.24. The molecule has 0 spiro atoms. The summed E-state index contributed by atoms with van der Waals surface area (Å²) in [6.07, 6.45) is -2.47. The van der Waals surface area contributed by atoms with Crippen LogP contribution in [-0.2, 0) is 9.59 Å². The van der Waals surface area contributed by atoms with E-state index in [0.717, 1.165) is 25.9 Å². The van der Waals surface area contributed by atoms with Gasteiger partial charge in [0.2, 0.25) is 11.8 Å². The smallest absolute Gasteiger partial charge is 0.355 e. The molecule has 22 heavy (non-hydrogen) atoms. The SMILES string of the molecule is Cl.O=C(NCC1CCCNC1)C1CC(=O)N(CC(F)(F)F)C1. The van der Waals surface area contributed by atoms with E-state index >= 15 is 0 Å². The number of hydrogen-bond donors (Lipinski definition) is 2. The fraction of sp³-hybridized carbons (Fsp3) is 0.846. The molecule has 2 rings (SSSR count). The van der Waals surface area contributed by atoms with E-state index in [1.165, 1.54) is 0 Å². The van der Waals surface area contributed by atoms with Gasteiger partial charge in [-0.1, -0.05) is 0 Å². The third-order valence-corrected chi connectivity index (χ3v) is 3.92. The maximum atomic E-state index is 12.3. The van der Waals surface area contributed by atoms with Gasteiger partial charge < -0.3 is 15.5 Å². The summed E-state index contributed by atoms with van der Waals surface area (Å²) in [4.78, 5) is 24.2. The lowest BCUT2D eigenvalue weighted by Crippen LogP contribution is -2.41. The predicted octanol–water partition coefficient (Wildman–Crippen LogP) is 0.935. The second kappa shape index (κ2) is 8.01. The van der Waals surface area contributed by atoms with Crippen LogP contribution >= 0.6 is 12.4 Å². The topological polar surface area (TPSA) is 61.4 Å². The van der Waals surface area contributed by atoms with Crippen molar-refractivity contribution in [3.05, 3.63) is 0 Å². The zero-order valence-electron chi connectivity index (χ0n) is 12.1. The zero-order valence-corrected chi connectivity index (χ0v) is 12.9. The molecule has 2 saturated heterocycles. The molecule has 9 heteroatoms. The Morgan fingerprint density at radius 3 is 2.73 bits per heavy atom. The Balaban J connectivity index is 0.00000242. The van der Waals surface area contributed by atoms with Crippen LogP contribution in [0.25, 0.3) is 0 Å². The summed E-state index contributed by atoms with van der Waals surface area (Å²) < 4.78 is 36.9. The maximum absolute atomic E-state index is 12.3. The number of piperidine rings is 1. The van der Waals surface area contributed by atoms with Crippen LogP contribution in [0.4, 0.5) is 13.2 Å². The van der Waals surface area contributed by atoms with Crippen molar-refractivity contribution in [1.29, 1.82) is 0 Å². The number of nitrogens with zero attached hydrogens (tertiary/aromatic N) is 1. The molecule has 2 aliphatic rings. The summed E-state index contributed by atoms with van der Waals surface area (Å²) in [7, 11) is 0. The fourth-order valence-electron chi connectivity index (χ4n) is 2.80. The molecule has 0 aliphatic carbocycles. The van der Waals surface area contributed by atoms with Gasteiger partial charge in [0.25, 0.3) is 0 Å². The van der Waals surface area contributed by atoms with Gasteiger partial charge in [-0.25, -0.2) is 0 Å². The summed E-state index contributed by atoms with van der Waals surface area (Å²) in [5.74, 6) is -1.24. The molecule has 0 aromatic carbocycles. The van der Waals surface area contributed by atoms with E-state index in [-0.39, 0.29) is 31.3 Å². The van der Waals surface area contributed by atoms with Crippen molar-refractivity contribution >= 4 is 24.2 Å². The van der Waals surface area contributed by atoms with Crippen LogP contribution in [0, 0.1) is 11.8 Å². The Morgan fingerprint density at radius 2 is 2.14 bits per heavy atom. The summed E-state index contributed by atoms with van der Waals surface area (Å²) in [5, 5.41) is 5.99. The van der Waals surface area contributed by atoms with Crippen molar-refractivity contribution in [2.75, 3.05) is 32.7 Å². The van der Waals surface area contributed by atoms with Gasteiger partial charge in [0, 0.05) is 19.5 Å². The molecule has 2 N–H and O–H groups in total. The first-order valence-corrected chi connectivity index (χ1v) is 7.18. The molecule has 2 fully saturated rings. The van der Waals surface area contributed by atoms with E-state index < -0.39 is 24.5 Å². The van der Waals surface area contributed by atoms with Crippen molar-refractivity contribution in [3.8, 4) is 0 Å². The molecule has 2 unspecified atom stereocenters. The van der Waals surface area contributed by atoms with Gasteiger partial charge in [0.05, 0.1) is 5.92 Å². The molecule has 2 aliphatic heterocycles. The average Bonchev–Trinajstić information content (AvgIpc) is 2.77. The van der Waals surface area contributed by atoms with Gasteiger partial charge in [-0.05, 0) is 31.8 Å². The monoisotopic (exact) mass is 343 g/mol. The van der Waals surface area contributed by atoms with Gasteiger partial charge in [-0.2, -0.15) is 13.2 Å². The maximum Gasteiger partial charge on any atom is 0.406 e. The average molecular weight is 344 g/mol. The highest BCUT2D eigenvalue weighted by Gasteiger charge is 2.40. The Hall–Kier alpha value is -1.02. The van der Waals surface area contributed by atoms with Gasteiger partial charge in [-0.15, -0.1) is 12.4 Å². The molecule has 0 radical (unpaired) electrons. The van der Waals surface area contributed by atoms with Crippen molar-refractivity contribution in [3.63, 3.8) is 0 Å². The third-order valence-electron chi connectivity index (χ3n) is 3.92. The van der Waals surface area contributed by atoms with Gasteiger partial charge >= 0.3 is 6.18 Å². The molecule has 2 heterocycles. The van der Waals surface area contributed by atoms with Crippen LogP contribution in [0.2, 0.25) is 0 Å². The van der Waals surface area contributed by atoms with Crippen molar-refractivity contribution in [2.24, 2.45) is 11.8 Å². The predicted molar refractivity (Wildman–Crippen MR) is 76.6 cm³/mol. The number of likely N-dealkylation sites (tertiary alicyclic amines) is 1. The Bertz CT molecular complexity index is 400. The first kappa shape index (κ1) is 19.0. The molecule has 0 aromatic rings. The zero-order chi connectivity index (χ0) is 15.5. The molecule has 0 bridgehead atoms. The number of amides is 2. The number of nitrogens with one attached hydrogen (secondary N) is 2. The highest BCUT2D eigenvalue weighted by atomic mass is 35.5. The highest BCUT2D eigenvalue weighted by molar-refractivity contribution is 5.89. The van der Waals surface area contributed by atoms with E-state index in [2.05, 4.69) is 10.6 Å². The van der Waals surface area contributed by atoms with E-state index in [1.54, 1.807) is 0 Å². The van der Waals surface area contributed by atoms with Gasteiger partial charge in [0.1, 0.15) is 6.54 Å². The van der Waals surface area contributed by atoms with E-state index in [0.29, 0.717) is 17.4 Å². The summed E-state index contributed by atoms with van der Waals surface area (Å²) in [6, 6.07) is 0. The minimum atomic E-state index is -4.42. The van der Waals surface area contributed by atoms with E-state index in [1.807, 2.05) is 0 Å². The minimum Gasteiger partial charge on any atom is -0.355 e. The number of alkyl halides is 3. The summed E-state index contributed by atoms with van der Waals surface area (Å²) in [6.45, 7) is 0.906. The van der Waals surface area contributed by atoms with Crippen molar-refractivity contribution in [1.82, 2.24) is 15.5 Å². The lowest BCUT2D eigenvalue weighted by atomic mass is 9.99. The van der Waals surface area contributed by atoms with Crippen LogP contribution in [0.5, 0.6) is 0 Å². The molecule has 5 nitrogen and oxygen atoms in total. The van der Waals surface area contributed by atoms with E-state index in [4.69, 9.17) is 0 Å². The molecule has 2 atom stereocenters. The van der Waals surface area contributed by atoms with E-state index in [9.17, 15) is 22.8 Å². The first-order chi connectivity index (χ1) is 9.85. The Morgan fingerprint density at radius 1 is 1.41 bits per heavy atom. The van der Waals surface area contributed by atoms with Gasteiger partial charge in [-0.3, -0.25) is 9.59 Å². The standard InChI is InChI=1S/C13H20F3N3O2.ClH/c14-13(15,16)8-19-7-10(4-11(19)20)12(21)18-6-9-2-1-3-17-5-9;/h9-10,17H,1-8H2,(H,18,21);1H. The molecule has 0 aromatic heterocycles. The number of halogens is 4. The molecule has 2 amide bonds. The van der Waals surface area contributed by atoms with Crippen molar-refractivity contribution in [2.45, 2.75) is 25.4 Å². The van der Waals surface area contributed by atoms with Crippen LogP contribution in [0.15, 0.2) is 0 Å². The normalized spacial score (nSPS) is 25.8. The summed E-state index contributed by atoms with van der Waals surface area (Å²) in [5.41, 5.74) is 0. The number of carbonyl (C=O) groups is 2. The molecule has 0 saturated carbocycles. The number of rotatable bonds is 4. The first-order valence-electron chi connectivity index (χ1n) is 7.18. The molecular formula is C13H21ClF3N3O2. The second-order valence-corrected chi connectivity index (χ2v) is 5.75. The largest absolute Gasteiger partial charge is 0.406 e. The second-order valence-electron chi connectivity index (χ2n) is 5.75. The van der Waals surface area contributed by atoms with Crippen LogP contribution in [-0.4, -0.2) is 55.6 Å². The number of hydrogen-bond acceptors (Lipinski definition) is 3. The third kappa shape index (κ3) is 5.64. The van der Waals surface area contributed by atoms with Crippen molar-refractivity contribution < 1.29 is 22.8 Å². The van der Waals surface area contributed by atoms with Crippen LogP contribution in [0.1, 0.15) is 19.3 Å². The lowest BCUT2D eigenvalue weighted by Gasteiger charge is -2.23. The quantitative estimate of drug-likeness (QED) is 0.798. The minimum absolute atomic E-state index is 0. The van der Waals surface area contributed by atoms with Crippen LogP contribution in [0.3, 0.4) is 0 Å². The Labute approximate surface area is 133 Å². The molecular weight excluding hydrogens is 323 g/mol. The molecule has 128 valence electrons. The number of carbonyl (C=O) groups excluding carboxylic acids is 2. The summed E-state index contributed by atoms with van der Waals surface area (Å²) >= 11 is 0. The Kier molecular flexibility index (Phi) is 6.93. The van der Waals surface area contributed by atoms with Crippen LogP contribution < -0.4 is 10.6 Å². The fourth-order valence-corrected chi connectivity index (χ4v) is 2.80. The van der Waals surface area contributed by atoms with Gasteiger partial charge in [0.15, 0.2) is 0 Å².